The van der Waals surface area contributed by atoms with Crippen LogP contribution in [0.2, 0.25) is 0 Å². The van der Waals surface area contributed by atoms with E-state index in [4.69, 9.17) is 0 Å². The molecular formula is C12H15NOS. The molecule has 2 nitrogen and oxygen atoms in total. The second-order valence-corrected chi connectivity index (χ2v) is 4.68. The molecule has 1 aliphatic rings. The molecule has 1 unspecified atom stereocenters. The average molecular weight is 221 g/mol. The smallest absolute Gasteiger partial charge is 0.246 e. The lowest BCUT2D eigenvalue weighted by Gasteiger charge is -2.22. The maximum atomic E-state index is 11.8. The van der Waals surface area contributed by atoms with Crippen molar-refractivity contribution in [2.45, 2.75) is 25.8 Å². The third-order valence-electron chi connectivity index (χ3n) is 2.72. The maximum absolute atomic E-state index is 11.8. The second kappa shape index (κ2) is 4.62. The fraction of sp³-hybridized carbons (Fsp3) is 0.417. The molecule has 3 heteroatoms. The van der Waals surface area contributed by atoms with E-state index < -0.39 is 0 Å². The van der Waals surface area contributed by atoms with E-state index in [1.165, 1.54) is 4.88 Å². The van der Waals surface area contributed by atoms with Gasteiger partial charge in [0.25, 0.3) is 0 Å². The summed E-state index contributed by atoms with van der Waals surface area (Å²) in [5, 5.41) is 2.08. The van der Waals surface area contributed by atoms with Crippen LogP contribution < -0.4 is 0 Å². The molecule has 2 heterocycles. The van der Waals surface area contributed by atoms with Gasteiger partial charge in [-0.15, -0.1) is 11.3 Å². The third-order valence-corrected chi connectivity index (χ3v) is 3.69. The molecule has 80 valence electrons. The maximum Gasteiger partial charge on any atom is 0.246 e. The van der Waals surface area contributed by atoms with Gasteiger partial charge in [0.1, 0.15) is 0 Å². The monoisotopic (exact) mass is 221 g/mol. The van der Waals surface area contributed by atoms with Gasteiger partial charge in [0, 0.05) is 11.4 Å². The summed E-state index contributed by atoms with van der Waals surface area (Å²) in [7, 11) is 0. The SMILES string of the molecule is CC=CC(=O)N1CCCC1c1cccs1. The van der Waals surface area contributed by atoms with Gasteiger partial charge in [0.15, 0.2) is 0 Å². The van der Waals surface area contributed by atoms with E-state index in [1.807, 2.05) is 17.9 Å². The van der Waals surface area contributed by atoms with Gasteiger partial charge in [-0.3, -0.25) is 4.79 Å². The normalized spacial score (nSPS) is 21.4. The van der Waals surface area contributed by atoms with Crippen molar-refractivity contribution in [2.75, 3.05) is 6.54 Å². The summed E-state index contributed by atoms with van der Waals surface area (Å²) >= 11 is 1.74. The molecule has 1 amide bonds. The number of carbonyl (C=O) groups is 1. The Labute approximate surface area is 94.2 Å². The minimum Gasteiger partial charge on any atom is -0.331 e. The summed E-state index contributed by atoms with van der Waals surface area (Å²) < 4.78 is 0. The first-order chi connectivity index (χ1) is 7.33. The number of rotatable bonds is 2. The summed E-state index contributed by atoms with van der Waals surface area (Å²) in [5.74, 6) is 0.147. The highest BCUT2D eigenvalue weighted by Crippen LogP contribution is 2.34. The summed E-state index contributed by atoms with van der Waals surface area (Å²) in [4.78, 5) is 15.1. The quantitative estimate of drug-likeness (QED) is 0.703. The van der Waals surface area contributed by atoms with E-state index in [-0.39, 0.29) is 5.91 Å². The molecule has 0 spiro atoms. The van der Waals surface area contributed by atoms with Gasteiger partial charge < -0.3 is 4.90 Å². The molecule has 1 aromatic rings. The summed E-state index contributed by atoms with van der Waals surface area (Å²) in [6.07, 6.45) is 5.69. The Balaban J connectivity index is 2.15. The van der Waals surface area contributed by atoms with Gasteiger partial charge in [-0.25, -0.2) is 0 Å². The Bertz CT molecular complexity index is 356. The zero-order valence-electron chi connectivity index (χ0n) is 8.85. The van der Waals surface area contributed by atoms with Gasteiger partial charge in [-0.1, -0.05) is 12.1 Å². The minimum absolute atomic E-state index is 0.147. The van der Waals surface area contributed by atoms with Crippen LogP contribution in [0.3, 0.4) is 0 Å². The van der Waals surface area contributed by atoms with Gasteiger partial charge in [-0.05, 0) is 37.3 Å². The van der Waals surface area contributed by atoms with Crippen LogP contribution in [0.5, 0.6) is 0 Å². The van der Waals surface area contributed by atoms with E-state index in [0.29, 0.717) is 6.04 Å². The number of amides is 1. The molecule has 1 aliphatic heterocycles. The minimum atomic E-state index is 0.147. The Morgan fingerprint density at radius 3 is 3.20 bits per heavy atom. The first kappa shape index (κ1) is 10.4. The van der Waals surface area contributed by atoms with Crippen molar-refractivity contribution in [1.82, 2.24) is 4.90 Å². The zero-order valence-corrected chi connectivity index (χ0v) is 9.67. The largest absolute Gasteiger partial charge is 0.331 e. The molecule has 0 radical (unpaired) electrons. The average Bonchev–Trinajstić information content (AvgIpc) is 2.88. The molecule has 0 aliphatic carbocycles. The van der Waals surface area contributed by atoms with E-state index >= 15 is 0 Å². The number of allylic oxidation sites excluding steroid dienone is 1. The van der Waals surface area contributed by atoms with Crippen molar-refractivity contribution in [1.29, 1.82) is 0 Å². The predicted octanol–water partition coefficient (Wildman–Crippen LogP) is 2.99. The zero-order chi connectivity index (χ0) is 10.7. The molecule has 0 bridgehead atoms. The number of hydrogen-bond donors (Lipinski definition) is 0. The fourth-order valence-corrected chi connectivity index (χ4v) is 2.92. The van der Waals surface area contributed by atoms with Gasteiger partial charge in [0.2, 0.25) is 5.91 Å². The number of carbonyl (C=O) groups excluding carboxylic acids is 1. The molecule has 0 N–H and O–H groups in total. The number of nitrogens with zero attached hydrogens (tertiary/aromatic N) is 1. The molecule has 15 heavy (non-hydrogen) atoms. The van der Waals surface area contributed by atoms with Gasteiger partial charge >= 0.3 is 0 Å². The van der Waals surface area contributed by atoms with Crippen molar-refractivity contribution in [2.24, 2.45) is 0 Å². The van der Waals surface area contributed by atoms with Crippen molar-refractivity contribution in [3.63, 3.8) is 0 Å². The Kier molecular flexibility index (Phi) is 3.21. The molecule has 0 saturated carbocycles. The standard InChI is InChI=1S/C12H15NOS/c1-2-5-12(14)13-8-3-6-10(13)11-7-4-9-15-11/h2,4-5,7,9-10H,3,6,8H2,1H3. The molecule has 2 rings (SSSR count). The van der Waals surface area contributed by atoms with Crippen LogP contribution >= 0.6 is 11.3 Å². The number of likely N-dealkylation sites (tertiary alicyclic amines) is 1. The van der Waals surface area contributed by atoms with Gasteiger partial charge in [0.05, 0.1) is 6.04 Å². The Hall–Kier alpha value is -1.09. The highest BCUT2D eigenvalue weighted by molar-refractivity contribution is 7.10. The van der Waals surface area contributed by atoms with Crippen LogP contribution in [-0.4, -0.2) is 17.4 Å². The topological polar surface area (TPSA) is 20.3 Å². The van der Waals surface area contributed by atoms with E-state index in [1.54, 1.807) is 17.4 Å². The molecule has 1 atom stereocenters. The highest BCUT2D eigenvalue weighted by Gasteiger charge is 2.28. The molecular weight excluding hydrogens is 206 g/mol. The molecule has 0 aromatic carbocycles. The highest BCUT2D eigenvalue weighted by atomic mass is 32.1. The van der Waals surface area contributed by atoms with Crippen molar-refractivity contribution in [3.05, 3.63) is 34.5 Å². The first-order valence-corrected chi connectivity index (χ1v) is 6.17. The van der Waals surface area contributed by atoms with Crippen molar-refractivity contribution >= 4 is 17.2 Å². The third kappa shape index (κ3) is 2.12. The predicted molar refractivity (Wildman–Crippen MR) is 62.8 cm³/mol. The van der Waals surface area contributed by atoms with E-state index in [2.05, 4.69) is 17.5 Å². The van der Waals surface area contributed by atoms with Crippen molar-refractivity contribution < 1.29 is 4.79 Å². The first-order valence-electron chi connectivity index (χ1n) is 5.29. The van der Waals surface area contributed by atoms with E-state index in [0.717, 1.165) is 19.4 Å². The van der Waals surface area contributed by atoms with Crippen LogP contribution in [0, 0.1) is 0 Å². The Morgan fingerprint density at radius 1 is 1.67 bits per heavy atom. The lowest BCUT2D eigenvalue weighted by Crippen LogP contribution is -2.28. The molecule has 1 aromatic heterocycles. The summed E-state index contributed by atoms with van der Waals surface area (Å²) in [6, 6.07) is 4.49. The fourth-order valence-electron chi connectivity index (χ4n) is 2.05. The lowest BCUT2D eigenvalue weighted by atomic mass is 10.2. The van der Waals surface area contributed by atoms with Crippen LogP contribution in [0.15, 0.2) is 29.7 Å². The summed E-state index contributed by atoms with van der Waals surface area (Å²) in [6.45, 7) is 2.78. The van der Waals surface area contributed by atoms with E-state index in [9.17, 15) is 4.79 Å². The lowest BCUT2D eigenvalue weighted by molar-refractivity contribution is -0.126. The molecule has 1 fully saturated rings. The second-order valence-electron chi connectivity index (χ2n) is 3.71. The van der Waals surface area contributed by atoms with Crippen LogP contribution in [0.1, 0.15) is 30.7 Å². The van der Waals surface area contributed by atoms with Crippen molar-refractivity contribution in [3.8, 4) is 0 Å². The Morgan fingerprint density at radius 2 is 2.53 bits per heavy atom. The van der Waals surface area contributed by atoms with Crippen LogP contribution in [0.25, 0.3) is 0 Å². The van der Waals surface area contributed by atoms with Crippen LogP contribution in [0.4, 0.5) is 0 Å². The number of hydrogen-bond acceptors (Lipinski definition) is 2. The van der Waals surface area contributed by atoms with Crippen LogP contribution in [-0.2, 0) is 4.79 Å². The summed E-state index contributed by atoms with van der Waals surface area (Å²) in [5.41, 5.74) is 0. The molecule has 1 saturated heterocycles. The van der Waals surface area contributed by atoms with Gasteiger partial charge in [-0.2, -0.15) is 0 Å². The number of thiophene rings is 1.